The van der Waals surface area contributed by atoms with Crippen LogP contribution in [0.5, 0.6) is 0 Å². The van der Waals surface area contributed by atoms with Gasteiger partial charge in [-0.15, -0.1) is 0 Å². The third-order valence-electron chi connectivity index (χ3n) is 3.71. The molecule has 1 amide bonds. The number of hydrogen-bond acceptors (Lipinski definition) is 6. The van der Waals surface area contributed by atoms with Gasteiger partial charge in [0.2, 0.25) is 0 Å². The molecule has 3 rings (SSSR count). The minimum absolute atomic E-state index is 0.0548. The van der Waals surface area contributed by atoms with Crippen molar-refractivity contribution in [1.82, 2.24) is 15.8 Å². The van der Waals surface area contributed by atoms with Gasteiger partial charge in [-0.25, -0.2) is 5.43 Å². The van der Waals surface area contributed by atoms with E-state index < -0.39 is 12.5 Å². The van der Waals surface area contributed by atoms with Crippen molar-refractivity contribution in [2.75, 3.05) is 13.1 Å². The molecule has 120 valence electrons. The van der Waals surface area contributed by atoms with Gasteiger partial charge in [0.15, 0.2) is 0 Å². The summed E-state index contributed by atoms with van der Waals surface area (Å²) in [6, 6.07) is 10.0. The Morgan fingerprint density at radius 2 is 2.17 bits per heavy atom. The van der Waals surface area contributed by atoms with Crippen LogP contribution in [0.1, 0.15) is 11.6 Å². The van der Waals surface area contributed by atoms with E-state index in [1.165, 1.54) is 0 Å². The Kier molecular flexibility index (Phi) is 4.76. The number of amides is 1. The summed E-state index contributed by atoms with van der Waals surface area (Å²) in [5.74, 6) is -1.33. The number of aliphatic carboxylic acids is 1. The lowest BCUT2D eigenvalue weighted by Gasteiger charge is -2.16. The fraction of sp³-hybridized carbons (Fsp3) is 0.267. The van der Waals surface area contributed by atoms with Crippen molar-refractivity contribution in [3.8, 4) is 0 Å². The van der Waals surface area contributed by atoms with E-state index in [0.717, 1.165) is 22.2 Å². The lowest BCUT2D eigenvalue weighted by Crippen LogP contribution is -2.33. The van der Waals surface area contributed by atoms with Crippen LogP contribution in [0.25, 0.3) is 0 Å². The van der Waals surface area contributed by atoms with Crippen molar-refractivity contribution in [3.05, 3.63) is 46.9 Å². The first kappa shape index (κ1) is 16.1. The Morgan fingerprint density at radius 3 is 2.87 bits per heavy atom. The van der Waals surface area contributed by atoms with Crippen molar-refractivity contribution >= 4 is 40.2 Å². The standard InChI is InChI=1S/C15H15N3O3S2/c19-12(20)8-18-14(21)11(23-15(18)22)6-10-7-16-17-13(10)9-4-2-1-3-5-9/h1-6,10,13,16-17H,7-8H2,(H,19,20)/b11-6-. The Hall–Kier alpha value is -1.74. The lowest BCUT2D eigenvalue weighted by molar-refractivity contribution is -0.140. The van der Waals surface area contributed by atoms with E-state index in [-0.39, 0.29) is 17.9 Å². The predicted octanol–water partition coefficient (Wildman–Crippen LogP) is 1.28. The third kappa shape index (κ3) is 3.45. The monoisotopic (exact) mass is 349 g/mol. The molecule has 23 heavy (non-hydrogen) atoms. The molecule has 6 nitrogen and oxygen atoms in total. The first-order valence-electron chi connectivity index (χ1n) is 7.07. The zero-order valence-electron chi connectivity index (χ0n) is 12.1. The molecular weight excluding hydrogens is 334 g/mol. The highest BCUT2D eigenvalue weighted by Gasteiger charge is 2.35. The number of thiocarbonyl (C=S) groups is 1. The summed E-state index contributed by atoms with van der Waals surface area (Å²) in [5.41, 5.74) is 7.44. The van der Waals surface area contributed by atoms with E-state index in [9.17, 15) is 9.59 Å². The smallest absolute Gasteiger partial charge is 0.323 e. The number of hydrogen-bond donors (Lipinski definition) is 3. The molecule has 2 saturated heterocycles. The molecule has 0 bridgehead atoms. The topological polar surface area (TPSA) is 81.7 Å². The van der Waals surface area contributed by atoms with Gasteiger partial charge in [-0.3, -0.25) is 19.9 Å². The maximum absolute atomic E-state index is 12.3. The molecule has 0 spiro atoms. The van der Waals surface area contributed by atoms with Gasteiger partial charge in [0.25, 0.3) is 5.91 Å². The Labute approximate surface area is 142 Å². The van der Waals surface area contributed by atoms with Crippen molar-refractivity contribution in [3.63, 3.8) is 0 Å². The number of carboxylic acid groups (broad SMARTS) is 1. The highest BCUT2D eigenvalue weighted by Crippen LogP contribution is 2.35. The predicted molar refractivity (Wildman–Crippen MR) is 91.4 cm³/mol. The maximum Gasteiger partial charge on any atom is 0.323 e. The second-order valence-corrected chi connectivity index (χ2v) is 6.94. The number of carbonyl (C=O) groups excluding carboxylic acids is 1. The molecule has 2 fully saturated rings. The van der Waals surface area contributed by atoms with Crippen LogP contribution < -0.4 is 10.9 Å². The molecule has 0 aromatic heterocycles. The quantitative estimate of drug-likeness (QED) is 0.558. The summed E-state index contributed by atoms with van der Waals surface area (Å²) in [6.45, 7) is 0.286. The Morgan fingerprint density at radius 1 is 1.43 bits per heavy atom. The van der Waals surface area contributed by atoms with E-state index in [4.69, 9.17) is 17.3 Å². The van der Waals surface area contributed by atoms with Crippen LogP contribution in [-0.2, 0) is 9.59 Å². The maximum atomic E-state index is 12.3. The first-order chi connectivity index (χ1) is 11.1. The molecular formula is C15H15N3O3S2. The molecule has 3 N–H and O–H groups in total. The second kappa shape index (κ2) is 6.79. The number of hydrazine groups is 1. The van der Waals surface area contributed by atoms with Crippen LogP contribution in [0.15, 0.2) is 41.3 Å². The molecule has 2 heterocycles. The van der Waals surface area contributed by atoms with E-state index >= 15 is 0 Å². The van der Waals surface area contributed by atoms with E-state index in [1.54, 1.807) is 0 Å². The zero-order valence-corrected chi connectivity index (χ0v) is 13.7. The van der Waals surface area contributed by atoms with Crippen LogP contribution in [0.2, 0.25) is 0 Å². The van der Waals surface area contributed by atoms with Crippen LogP contribution in [0, 0.1) is 5.92 Å². The molecule has 2 unspecified atom stereocenters. The Bertz CT molecular complexity index is 678. The fourth-order valence-corrected chi connectivity index (χ4v) is 3.94. The number of benzene rings is 1. The van der Waals surface area contributed by atoms with Crippen molar-refractivity contribution in [1.29, 1.82) is 0 Å². The van der Waals surface area contributed by atoms with Crippen LogP contribution >= 0.6 is 24.0 Å². The third-order valence-corrected chi connectivity index (χ3v) is 5.11. The van der Waals surface area contributed by atoms with E-state index in [1.807, 2.05) is 36.4 Å². The van der Waals surface area contributed by atoms with Gasteiger partial charge in [-0.1, -0.05) is 60.4 Å². The molecule has 1 aromatic carbocycles. The van der Waals surface area contributed by atoms with Gasteiger partial charge in [-0.05, 0) is 5.56 Å². The fourth-order valence-electron chi connectivity index (χ4n) is 2.64. The number of carbonyl (C=O) groups is 2. The number of carboxylic acids is 1. The highest BCUT2D eigenvalue weighted by atomic mass is 32.2. The van der Waals surface area contributed by atoms with Gasteiger partial charge in [0, 0.05) is 12.5 Å². The summed E-state index contributed by atoms with van der Waals surface area (Å²) in [5, 5.41) is 8.87. The van der Waals surface area contributed by atoms with Gasteiger partial charge in [0.1, 0.15) is 10.9 Å². The molecule has 1 aromatic rings. The normalized spacial score (nSPS) is 26.3. The molecule has 0 radical (unpaired) electrons. The molecule has 2 atom stereocenters. The molecule has 0 saturated carbocycles. The molecule has 2 aliphatic rings. The minimum atomic E-state index is -1.08. The van der Waals surface area contributed by atoms with Crippen molar-refractivity contribution < 1.29 is 14.7 Å². The minimum Gasteiger partial charge on any atom is -0.480 e. The lowest BCUT2D eigenvalue weighted by atomic mass is 9.94. The highest BCUT2D eigenvalue weighted by molar-refractivity contribution is 8.26. The van der Waals surface area contributed by atoms with Crippen LogP contribution in [0.3, 0.4) is 0 Å². The number of nitrogens with one attached hydrogen (secondary N) is 2. The summed E-state index contributed by atoms with van der Waals surface area (Å²) < 4.78 is 0.291. The Balaban J connectivity index is 1.80. The largest absolute Gasteiger partial charge is 0.480 e. The van der Waals surface area contributed by atoms with Gasteiger partial charge in [0.05, 0.1) is 10.9 Å². The van der Waals surface area contributed by atoms with Crippen molar-refractivity contribution in [2.45, 2.75) is 6.04 Å². The number of nitrogens with zero attached hydrogens (tertiary/aromatic N) is 1. The van der Waals surface area contributed by atoms with Gasteiger partial charge in [-0.2, -0.15) is 0 Å². The molecule has 0 aliphatic carbocycles. The summed E-state index contributed by atoms with van der Waals surface area (Å²) >= 11 is 6.27. The van der Waals surface area contributed by atoms with E-state index in [2.05, 4.69) is 10.9 Å². The summed E-state index contributed by atoms with van der Waals surface area (Å²) in [7, 11) is 0. The van der Waals surface area contributed by atoms with Gasteiger partial charge >= 0.3 is 5.97 Å². The number of thioether (sulfide) groups is 1. The van der Waals surface area contributed by atoms with Gasteiger partial charge < -0.3 is 5.11 Å². The first-order valence-corrected chi connectivity index (χ1v) is 8.29. The van der Waals surface area contributed by atoms with Crippen LogP contribution in [-0.4, -0.2) is 39.3 Å². The summed E-state index contributed by atoms with van der Waals surface area (Å²) in [4.78, 5) is 24.8. The average molecular weight is 349 g/mol. The molecule has 2 aliphatic heterocycles. The second-order valence-electron chi connectivity index (χ2n) is 5.26. The molecule has 8 heteroatoms. The number of rotatable bonds is 4. The van der Waals surface area contributed by atoms with E-state index in [0.29, 0.717) is 15.8 Å². The summed E-state index contributed by atoms with van der Waals surface area (Å²) in [6.07, 6.45) is 1.88. The van der Waals surface area contributed by atoms with Crippen molar-refractivity contribution in [2.24, 2.45) is 5.92 Å². The SMILES string of the molecule is O=C(O)CN1C(=O)/C(=C/C2CNNC2c2ccccc2)SC1=S. The average Bonchev–Trinajstić information content (AvgIpc) is 3.09. The van der Waals surface area contributed by atoms with Crippen LogP contribution in [0.4, 0.5) is 0 Å². The zero-order chi connectivity index (χ0) is 16.4.